The summed E-state index contributed by atoms with van der Waals surface area (Å²) in [5.74, 6) is -1.03. The van der Waals surface area contributed by atoms with E-state index in [0.29, 0.717) is 18.4 Å². The zero-order valence-corrected chi connectivity index (χ0v) is 11.2. The quantitative estimate of drug-likeness (QED) is 0.899. The van der Waals surface area contributed by atoms with Gasteiger partial charge in [-0.25, -0.2) is 23.2 Å². The Labute approximate surface area is 114 Å². The molecule has 0 saturated heterocycles. The van der Waals surface area contributed by atoms with Crippen molar-refractivity contribution >= 4 is 0 Å². The van der Waals surface area contributed by atoms with E-state index < -0.39 is 23.4 Å². The molecule has 0 saturated carbocycles. The molecule has 0 aliphatic heterocycles. The molecule has 0 aliphatic rings. The van der Waals surface area contributed by atoms with E-state index in [1.807, 2.05) is 13.8 Å². The Morgan fingerprint density at radius 1 is 1.40 bits per heavy atom. The highest BCUT2D eigenvalue weighted by Gasteiger charge is 2.20. The summed E-state index contributed by atoms with van der Waals surface area (Å²) in [6, 6.07) is 2.47. The highest BCUT2D eigenvalue weighted by Crippen LogP contribution is 2.20. The minimum atomic E-state index is -0.841. The van der Waals surface area contributed by atoms with E-state index in [0.717, 1.165) is 10.6 Å². The molecule has 0 radical (unpaired) electrons. The van der Waals surface area contributed by atoms with Crippen molar-refractivity contribution in [1.82, 2.24) is 14.8 Å². The summed E-state index contributed by atoms with van der Waals surface area (Å²) in [7, 11) is 0. The van der Waals surface area contributed by atoms with E-state index in [-0.39, 0.29) is 11.5 Å². The van der Waals surface area contributed by atoms with Crippen LogP contribution in [0.25, 0.3) is 5.69 Å². The van der Waals surface area contributed by atoms with Gasteiger partial charge < -0.3 is 5.73 Å². The first kappa shape index (κ1) is 14.4. The molecule has 5 nitrogen and oxygen atoms in total. The highest BCUT2D eigenvalue weighted by atomic mass is 19.1. The summed E-state index contributed by atoms with van der Waals surface area (Å²) in [4.78, 5) is 11.8. The Morgan fingerprint density at radius 2 is 2.10 bits per heavy atom. The number of nitrogens with one attached hydrogen (secondary N) is 1. The summed E-state index contributed by atoms with van der Waals surface area (Å²) in [6.07, 6.45) is 0.590. The van der Waals surface area contributed by atoms with Crippen molar-refractivity contribution in [3.63, 3.8) is 0 Å². The standard InChI is InChI=1S/C13H16F2N4O/c1-7(2)5-10(16)12-17-18-13(20)19(12)11-4-3-8(14)6-9(11)15/h3-4,6-7,10H,5,16H2,1-2H3,(H,18,20)/t10-/m0/s1. The molecule has 1 atom stereocenters. The molecule has 108 valence electrons. The number of aromatic amines is 1. The molecular weight excluding hydrogens is 266 g/mol. The van der Waals surface area contributed by atoms with Gasteiger partial charge in [0.2, 0.25) is 0 Å². The maximum Gasteiger partial charge on any atom is 0.348 e. The van der Waals surface area contributed by atoms with Crippen LogP contribution in [0.1, 0.15) is 32.1 Å². The molecule has 2 rings (SSSR count). The van der Waals surface area contributed by atoms with Crippen molar-refractivity contribution in [2.24, 2.45) is 11.7 Å². The van der Waals surface area contributed by atoms with Crippen LogP contribution in [0, 0.1) is 17.6 Å². The Kier molecular flexibility index (Phi) is 3.99. The average Bonchev–Trinajstić information content (AvgIpc) is 2.70. The summed E-state index contributed by atoms with van der Waals surface area (Å²) in [6.45, 7) is 3.96. The molecule has 1 heterocycles. The number of rotatable bonds is 4. The summed E-state index contributed by atoms with van der Waals surface area (Å²) >= 11 is 0. The van der Waals surface area contributed by atoms with Gasteiger partial charge in [-0.3, -0.25) is 0 Å². The third kappa shape index (κ3) is 2.77. The number of hydrogen-bond acceptors (Lipinski definition) is 3. The number of nitrogens with zero attached hydrogens (tertiary/aromatic N) is 2. The molecule has 0 aliphatic carbocycles. The van der Waals surface area contributed by atoms with Gasteiger partial charge in [0.25, 0.3) is 0 Å². The predicted molar refractivity (Wildman–Crippen MR) is 70.5 cm³/mol. The second kappa shape index (κ2) is 5.54. The zero-order chi connectivity index (χ0) is 14.9. The monoisotopic (exact) mass is 282 g/mol. The minimum Gasteiger partial charge on any atom is -0.321 e. The molecule has 7 heteroatoms. The van der Waals surface area contributed by atoms with Crippen LogP contribution in [0.2, 0.25) is 0 Å². The fourth-order valence-corrected chi connectivity index (χ4v) is 2.07. The van der Waals surface area contributed by atoms with Crippen molar-refractivity contribution in [3.05, 3.63) is 46.1 Å². The fraction of sp³-hybridized carbons (Fsp3) is 0.385. The Bertz CT molecular complexity index is 663. The van der Waals surface area contributed by atoms with Gasteiger partial charge in [0, 0.05) is 6.07 Å². The van der Waals surface area contributed by atoms with E-state index >= 15 is 0 Å². The topological polar surface area (TPSA) is 76.7 Å². The normalized spacial score (nSPS) is 12.9. The number of halogens is 2. The van der Waals surface area contributed by atoms with E-state index in [1.165, 1.54) is 6.07 Å². The number of H-pyrrole nitrogens is 1. The largest absolute Gasteiger partial charge is 0.348 e. The maximum atomic E-state index is 13.8. The smallest absolute Gasteiger partial charge is 0.321 e. The van der Waals surface area contributed by atoms with Crippen LogP contribution in [0.3, 0.4) is 0 Å². The van der Waals surface area contributed by atoms with Gasteiger partial charge in [0.05, 0.1) is 11.7 Å². The number of hydrogen-bond donors (Lipinski definition) is 2. The first-order valence-corrected chi connectivity index (χ1v) is 6.28. The van der Waals surface area contributed by atoms with E-state index in [1.54, 1.807) is 0 Å². The number of nitrogens with two attached hydrogens (primary N) is 1. The van der Waals surface area contributed by atoms with Gasteiger partial charge in [-0.15, -0.1) is 0 Å². The van der Waals surface area contributed by atoms with Crippen molar-refractivity contribution in [1.29, 1.82) is 0 Å². The predicted octanol–water partition coefficient (Wildman–Crippen LogP) is 1.88. The Hall–Kier alpha value is -2.02. The fourth-order valence-electron chi connectivity index (χ4n) is 2.07. The molecular formula is C13H16F2N4O. The molecule has 2 aromatic rings. The number of benzene rings is 1. The van der Waals surface area contributed by atoms with Gasteiger partial charge in [-0.1, -0.05) is 13.8 Å². The van der Waals surface area contributed by atoms with Gasteiger partial charge in [-0.05, 0) is 24.5 Å². The summed E-state index contributed by atoms with van der Waals surface area (Å²) in [5, 5.41) is 6.10. The Balaban J connectivity index is 2.51. The van der Waals surface area contributed by atoms with Crippen LogP contribution >= 0.6 is 0 Å². The molecule has 0 spiro atoms. The van der Waals surface area contributed by atoms with E-state index in [4.69, 9.17) is 5.73 Å². The van der Waals surface area contributed by atoms with Crippen LogP contribution in [0.4, 0.5) is 8.78 Å². The van der Waals surface area contributed by atoms with Crippen molar-refractivity contribution in [2.75, 3.05) is 0 Å². The molecule has 3 N–H and O–H groups in total. The van der Waals surface area contributed by atoms with E-state index in [2.05, 4.69) is 10.2 Å². The first-order chi connectivity index (χ1) is 9.40. The second-order valence-electron chi connectivity index (χ2n) is 5.05. The zero-order valence-electron chi connectivity index (χ0n) is 11.2. The van der Waals surface area contributed by atoms with Crippen molar-refractivity contribution < 1.29 is 8.78 Å². The molecule has 1 aromatic heterocycles. The Morgan fingerprint density at radius 3 is 2.70 bits per heavy atom. The van der Waals surface area contributed by atoms with Crippen LogP contribution in [-0.4, -0.2) is 14.8 Å². The average molecular weight is 282 g/mol. The van der Waals surface area contributed by atoms with E-state index in [9.17, 15) is 13.6 Å². The molecule has 0 amide bonds. The van der Waals surface area contributed by atoms with Crippen LogP contribution < -0.4 is 11.4 Å². The van der Waals surface area contributed by atoms with Crippen LogP contribution in [0.5, 0.6) is 0 Å². The van der Waals surface area contributed by atoms with Gasteiger partial charge >= 0.3 is 5.69 Å². The molecule has 0 fully saturated rings. The lowest BCUT2D eigenvalue weighted by Gasteiger charge is -2.14. The summed E-state index contributed by atoms with van der Waals surface area (Å²) < 4.78 is 27.8. The van der Waals surface area contributed by atoms with Crippen LogP contribution in [-0.2, 0) is 0 Å². The molecule has 0 bridgehead atoms. The molecule has 20 heavy (non-hydrogen) atoms. The van der Waals surface area contributed by atoms with Gasteiger partial charge in [0.1, 0.15) is 11.6 Å². The van der Waals surface area contributed by atoms with Gasteiger partial charge in [-0.2, -0.15) is 5.10 Å². The third-order valence-electron chi connectivity index (χ3n) is 2.91. The summed E-state index contributed by atoms with van der Waals surface area (Å²) in [5.41, 5.74) is 5.31. The van der Waals surface area contributed by atoms with Crippen molar-refractivity contribution in [2.45, 2.75) is 26.3 Å². The lowest BCUT2D eigenvalue weighted by atomic mass is 10.0. The number of aromatic nitrogens is 3. The third-order valence-corrected chi connectivity index (χ3v) is 2.91. The van der Waals surface area contributed by atoms with Crippen LogP contribution in [0.15, 0.2) is 23.0 Å². The second-order valence-corrected chi connectivity index (χ2v) is 5.05. The maximum absolute atomic E-state index is 13.8. The highest BCUT2D eigenvalue weighted by molar-refractivity contribution is 5.35. The SMILES string of the molecule is CC(C)C[C@H](N)c1n[nH]c(=O)n1-c1ccc(F)cc1F. The first-order valence-electron chi connectivity index (χ1n) is 6.28. The molecule has 1 aromatic carbocycles. The minimum absolute atomic E-state index is 0.0700. The lowest BCUT2D eigenvalue weighted by Crippen LogP contribution is -2.23. The molecule has 0 unspecified atom stereocenters. The van der Waals surface area contributed by atoms with Gasteiger partial charge in [0.15, 0.2) is 5.82 Å². The van der Waals surface area contributed by atoms with Crippen molar-refractivity contribution in [3.8, 4) is 5.69 Å². The lowest BCUT2D eigenvalue weighted by molar-refractivity contribution is 0.485.